The number of piperidine rings is 1. The van der Waals surface area contributed by atoms with E-state index in [1.54, 1.807) is 11.0 Å². The van der Waals surface area contributed by atoms with E-state index in [-0.39, 0.29) is 31.4 Å². The number of halogens is 4. The van der Waals surface area contributed by atoms with Gasteiger partial charge in [-0.1, -0.05) is 0 Å². The van der Waals surface area contributed by atoms with Crippen molar-refractivity contribution in [1.29, 1.82) is 0 Å². The van der Waals surface area contributed by atoms with Crippen LogP contribution in [0.25, 0.3) is 0 Å². The molecule has 2 heterocycles. The predicted octanol–water partition coefficient (Wildman–Crippen LogP) is 2.07. The maximum Gasteiger partial charge on any atom is 0.422 e. The Hall–Kier alpha value is -1.90. The van der Waals surface area contributed by atoms with Crippen molar-refractivity contribution in [3.8, 4) is 5.88 Å². The van der Waals surface area contributed by atoms with Gasteiger partial charge in [-0.05, 0) is 31.0 Å². The summed E-state index contributed by atoms with van der Waals surface area (Å²) in [6, 6.07) is 2.91. The zero-order valence-corrected chi connectivity index (χ0v) is 13.0. The zero-order valence-electron chi connectivity index (χ0n) is 13.0. The Morgan fingerprint density at radius 2 is 2.25 bits per heavy atom. The highest BCUT2D eigenvalue weighted by Crippen LogP contribution is 2.17. The van der Waals surface area contributed by atoms with Crippen LogP contribution in [0.15, 0.2) is 18.3 Å². The smallest absolute Gasteiger partial charge is 0.422 e. The van der Waals surface area contributed by atoms with Crippen LogP contribution >= 0.6 is 0 Å². The van der Waals surface area contributed by atoms with Crippen LogP contribution < -0.4 is 10.1 Å². The molecule has 134 valence electrons. The molecule has 1 aromatic heterocycles. The molecule has 1 aliphatic rings. The van der Waals surface area contributed by atoms with Gasteiger partial charge in [0.25, 0.3) is 0 Å². The first-order valence-corrected chi connectivity index (χ1v) is 7.59. The number of nitrogens with zero attached hydrogens (tertiary/aromatic N) is 2. The van der Waals surface area contributed by atoms with Crippen LogP contribution in [-0.4, -0.2) is 54.4 Å². The lowest BCUT2D eigenvalue weighted by Crippen LogP contribution is -2.43. The Bertz CT molecular complexity index is 554. The molecule has 1 aliphatic heterocycles. The lowest BCUT2D eigenvalue weighted by molar-refractivity contribution is -0.154. The number of carbonyl (C=O) groups is 1. The lowest BCUT2D eigenvalue weighted by atomic mass is 10.1. The van der Waals surface area contributed by atoms with Crippen molar-refractivity contribution in [1.82, 2.24) is 15.2 Å². The molecule has 0 aromatic carbocycles. The van der Waals surface area contributed by atoms with Crippen molar-refractivity contribution in [2.75, 3.05) is 26.2 Å². The molecule has 0 spiro atoms. The molecule has 1 N–H and O–H groups in total. The number of alkyl halides is 4. The van der Waals surface area contributed by atoms with E-state index in [1.807, 2.05) is 0 Å². The van der Waals surface area contributed by atoms with Crippen LogP contribution in [0.5, 0.6) is 5.88 Å². The van der Waals surface area contributed by atoms with Gasteiger partial charge in [0.1, 0.15) is 6.17 Å². The Morgan fingerprint density at radius 1 is 1.46 bits per heavy atom. The number of ether oxygens (including phenoxy) is 1. The number of amides is 1. The van der Waals surface area contributed by atoms with Gasteiger partial charge in [0.15, 0.2) is 6.61 Å². The first-order valence-electron chi connectivity index (χ1n) is 7.59. The van der Waals surface area contributed by atoms with Crippen molar-refractivity contribution < 1.29 is 27.1 Å². The van der Waals surface area contributed by atoms with Gasteiger partial charge in [0, 0.05) is 25.4 Å². The number of likely N-dealkylation sites (tertiary alicyclic amines) is 1. The summed E-state index contributed by atoms with van der Waals surface area (Å²) in [6.45, 7) is -0.259. The Labute approximate surface area is 137 Å². The summed E-state index contributed by atoms with van der Waals surface area (Å²) in [6.07, 6.45) is -2.78. The van der Waals surface area contributed by atoms with Crippen LogP contribution in [0.2, 0.25) is 0 Å². The predicted molar refractivity (Wildman–Crippen MR) is 78.2 cm³/mol. The molecule has 1 saturated heterocycles. The molecule has 0 aliphatic carbocycles. The molecule has 1 atom stereocenters. The molecule has 0 unspecified atom stereocenters. The molecular formula is C15H19F4N3O2. The van der Waals surface area contributed by atoms with Gasteiger partial charge in [-0.2, -0.15) is 13.2 Å². The van der Waals surface area contributed by atoms with Gasteiger partial charge in [-0.25, -0.2) is 9.37 Å². The van der Waals surface area contributed by atoms with Crippen LogP contribution in [0.3, 0.4) is 0 Å². The number of pyridine rings is 1. The van der Waals surface area contributed by atoms with Crippen LogP contribution in [0, 0.1) is 0 Å². The van der Waals surface area contributed by atoms with E-state index < -0.39 is 19.0 Å². The molecule has 24 heavy (non-hydrogen) atoms. The summed E-state index contributed by atoms with van der Waals surface area (Å²) in [7, 11) is 0. The van der Waals surface area contributed by atoms with E-state index in [9.17, 15) is 22.4 Å². The average Bonchev–Trinajstić information content (AvgIpc) is 2.51. The maximum atomic E-state index is 13.3. The minimum Gasteiger partial charge on any atom is -0.468 e. The van der Waals surface area contributed by atoms with Gasteiger partial charge in [0.05, 0.1) is 6.54 Å². The molecule has 0 bridgehead atoms. The third kappa shape index (κ3) is 6.69. The summed E-state index contributed by atoms with van der Waals surface area (Å²) in [4.78, 5) is 17.3. The van der Waals surface area contributed by atoms with Crippen molar-refractivity contribution in [3.63, 3.8) is 0 Å². The van der Waals surface area contributed by atoms with Gasteiger partial charge in [-0.3, -0.25) is 9.69 Å². The number of hydrogen-bond donors (Lipinski definition) is 1. The Balaban J connectivity index is 1.77. The van der Waals surface area contributed by atoms with Gasteiger partial charge in [0.2, 0.25) is 11.8 Å². The first kappa shape index (κ1) is 18.4. The van der Waals surface area contributed by atoms with Gasteiger partial charge < -0.3 is 10.1 Å². The minimum absolute atomic E-state index is 0.100. The van der Waals surface area contributed by atoms with Crippen LogP contribution in [-0.2, 0) is 11.3 Å². The molecule has 0 radical (unpaired) electrons. The van der Waals surface area contributed by atoms with Crippen LogP contribution in [0.4, 0.5) is 17.6 Å². The van der Waals surface area contributed by atoms with Crippen LogP contribution in [0.1, 0.15) is 18.4 Å². The third-order valence-corrected chi connectivity index (χ3v) is 3.49. The highest BCUT2D eigenvalue weighted by molar-refractivity contribution is 5.78. The standard InChI is InChI=1S/C15H19F4N3O2/c16-12-2-1-5-22(8-12)9-13(23)21-7-11-3-4-20-14(6-11)24-10-15(17,18)19/h3-4,6,12H,1-2,5,7-10H2,(H,21,23)/t12-/m1/s1. The summed E-state index contributed by atoms with van der Waals surface area (Å²) in [5.41, 5.74) is 0.567. The molecule has 5 nitrogen and oxygen atoms in total. The summed E-state index contributed by atoms with van der Waals surface area (Å²) < 4.78 is 54.1. The molecule has 9 heteroatoms. The number of rotatable bonds is 6. The SMILES string of the molecule is O=C(CN1CCC[C@@H](F)C1)NCc1ccnc(OCC(F)(F)F)c1. The number of nitrogens with one attached hydrogen (secondary N) is 1. The van der Waals surface area contributed by atoms with Crippen molar-refractivity contribution in [3.05, 3.63) is 23.9 Å². The largest absolute Gasteiger partial charge is 0.468 e. The van der Waals surface area contributed by atoms with E-state index in [1.165, 1.54) is 12.3 Å². The normalized spacial score (nSPS) is 19.1. The Morgan fingerprint density at radius 3 is 2.96 bits per heavy atom. The fourth-order valence-electron chi connectivity index (χ4n) is 2.40. The van der Waals surface area contributed by atoms with E-state index in [0.29, 0.717) is 18.5 Å². The summed E-state index contributed by atoms with van der Waals surface area (Å²) in [5, 5.41) is 2.65. The molecule has 1 aromatic rings. The number of aromatic nitrogens is 1. The monoisotopic (exact) mass is 349 g/mol. The second-order valence-electron chi connectivity index (χ2n) is 5.66. The topological polar surface area (TPSA) is 54.5 Å². The van der Waals surface area contributed by atoms with Crippen molar-refractivity contribution in [2.45, 2.75) is 31.7 Å². The van der Waals surface area contributed by atoms with E-state index >= 15 is 0 Å². The van der Waals surface area contributed by atoms with E-state index in [2.05, 4.69) is 15.0 Å². The van der Waals surface area contributed by atoms with Gasteiger partial charge in [-0.15, -0.1) is 0 Å². The molecule has 0 saturated carbocycles. The number of hydrogen-bond acceptors (Lipinski definition) is 4. The van der Waals surface area contributed by atoms with E-state index in [4.69, 9.17) is 0 Å². The highest BCUT2D eigenvalue weighted by atomic mass is 19.4. The molecular weight excluding hydrogens is 330 g/mol. The Kier molecular flexibility index (Phi) is 6.36. The van der Waals surface area contributed by atoms with Crippen molar-refractivity contribution in [2.24, 2.45) is 0 Å². The average molecular weight is 349 g/mol. The highest BCUT2D eigenvalue weighted by Gasteiger charge is 2.28. The zero-order chi connectivity index (χ0) is 17.6. The molecule has 1 amide bonds. The summed E-state index contributed by atoms with van der Waals surface area (Å²) >= 11 is 0. The quantitative estimate of drug-likeness (QED) is 0.799. The van der Waals surface area contributed by atoms with E-state index in [0.717, 1.165) is 6.42 Å². The van der Waals surface area contributed by atoms with Crippen molar-refractivity contribution >= 4 is 5.91 Å². The maximum absolute atomic E-state index is 13.3. The second kappa shape index (κ2) is 8.27. The molecule has 2 rings (SSSR count). The minimum atomic E-state index is -4.44. The summed E-state index contributed by atoms with van der Waals surface area (Å²) in [5.74, 6) is -0.422. The fourth-order valence-corrected chi connectivity index (χ4v) is 2.40. The second-order valence-corrected chi connectivity index (χ2v) is 5.66. The first-order chi connectivity index (χ1) is 11.3. The third-order valence-electron chi connectivity index (χ3n) is 3.49. The molecule has 1 fully saturated rings. The lowest BCUT2D eigenvalue weighted by Gasteiger charge is -2.28. The van der Waals surface area contributed by atoms with Gasteiger partial charge >= 0.3 is 6.18 Å². The number of carbonyl (C=O) groups excluding carboxylic acids is 1. The fraction of sp³-hybridized carbons (Fsp3) is 0.600.